The molecular weight excluding hydrogens is 272 g/mol. The standard InChI is InChI=1S/C20H40O2/c1-2-3-4-5-6-7-8-9-10-11-12-13-16-19-20(22-19)17-14-15-18-21/h19-21H,2-18H2,1H3. The summed E-state index contributed by atoms with van der Waals surface area (Å²) < 4.78 is 5.68. The van der Waals surface area contributed by atoms with Gasteiger partial charge in [-0.15, -0.1) is 0 Å². The third kappa shape index (κ3) is 11.5. The molecule has 1 fully saturated rings. The molecule has 132 valence electrons. The fourth-order valence-electron chi connectivity index (χ4n) is 3.33. The molecule has 2 nitrogen and oxygen atoms in total. The molecule has 0 aromatic carbocycles. The van der Waals surface area contributed by atoms with E-state index < -0.39 is 0 Å². The maximum atomic E-state index is 8.75. The highest BCUT2D eigenvalue weighted by molar-refractivity contribution is 4.84. The first-order valence-electron chi connectivity index (χ1n) is 10.1. The van der Waals surface area contributed by atoms with Crippen LogP contribution in [-0.2, 0) is 4.74 Å². The molecule has 1 saturated heterocycles. The van der Waals surface area contributed by atoms with E-state index in [4.69, 9.17) is 9.84 Å². The van der Waals surface area contributed by atoms with E-state index in [1.54, 1.807) is 0 Å². The summed E-state index contributed by atoms with van der Waals surface area (Å²) in [6.07, 6.45) is 22.6. The fraction of sp³-hybridized carbons (Fsp3) is 1.00. The van der Waals surface area contributed by atoms with Gasteiger partial charge in [0.1, 0.15) is 0 Å². The first-order chi connectivity index (χ1) is 10.9. The SMILES string of the molecule is CCCCCCCCCCCCCCC1OC1CCCCO. The molecule has 1 rings (SSSR count). The van der Waals surface area contributed by atoms with Gasteiger partial charge in [-0.1, -0.05) is 84.0 Å². The summed E-state index contributed by atoms with van der Waals surface area (Å²) in [6.45, 7) is 2.61. The van der Waals surface area contributed by atoms with Gasteiger partial charge < -0.3 is 9.84 Å². The third-order valence-corrected chi connectivity index (χ3v) is 4.93. The fourth-order valence-corrected chi connectivity index (χ4v) is 3.33. The normalized spacial score (nSPS) is 20.5. The van der Waals surface area contributed by atoms with Gasteiger partial charge in [-0.3, -0.25) is 0 Å². The second kappa shape index (κ2) is 14.5. The number of ether oxygens (including phenoxy) is 1. The molecule has 0 aromatic heterocycles. The predicted octanol–water partition coefficient (Wildman–Crippen LogP) is 6.01. The van der Waals surface area contributed by atoms with Gasteiger partial charge in [0.15, 0.2) is 0 Å². The summed E-state index contributed by atoms with van der Waals surface area (Å²) >= 11 is 0. The Kier molecular flexibility index (Phi) is 13.2. The molecule has 1 aliphatic rings. The largest absolute Gasteiger partial charge is 0.396 e. The van der Waals surface area contributed by atoms with Crippen LogP contribution in [0.1, 0.15) is 110 Å². The molecule has 1 aliphatic heterocycles. The number of aliphatic hydroxyl groups excluding tert-OH is 1. The molecule has 0 saturated carbocycles. The van der Waals surface area contributed by atoms with Gasteiger partial charge in [0.2, 0.25) is 0 Å². The summed E-state index contributed by atoms with van der Waals surface area (Å²) in [4.78, 5) is 0. The maximum Gasteiger partial charge on any atom is 0.0841 e. The molecule has 1 N–H and O–H groups in total. The van der Waals surface area contributed by atoms with Crippen LogP contribution in [0.2, 0.25) is 0 Å². The number of hydrogen-bond donors (Lipinski definition) is 1. The third-order valence-electron chi connectivity index (χ3n) is 4.93. The van der Waals surface area contributed by atoms with Crippen LogP contribution in [0.4, 0.5) is 0 Å². The van der Waals surface area contributed by atoms with Crippen molar-refractivity contribution in [1.82, 2.24) is 0 Å². The molecule has 1 heterocycles. The average Bonchev–Trinajstić information content (AvgIpc) is 3.27. The van der Waals surface area contributed by atoms with Crippen LogP contribution in [0.5, 0.6) is 0 Å². The minimum absolute atomic E-state index is 0.329. The van der Waals surface area contributed by atoms with E-state index in [1.165, 1.54) is 83.5 Å². The van der Waals surface area contributed by atoms with Crippen molar-refractivity contribution in [2.75, 3.05) is 6.61 Å². The average molecular weight is 313 g/mol. The molecule has 2 unspecified atom stereocenters. The molecule has 2 atom stereocenters. The van der Waals surface area contributed by atoms with Crippen LogP contribution in [-0.4, -0.2) is 23.9 Å². The van der Waals surface area contributed by atoms with Crippen molar-refractivity contribution >= 4 is 0 Å². The van der Waals surface area contributed by atoms with Gasteiger partial charge >= 0.3 is 0 Å². The van der Waals surface area contributed by atoms with Crippen molar-refractivity contribution in [2.45, 2.75) is 122 Å². The van der Waals surface area contributed by atoms with E-state index in [-0.39, 0.29) is 0 Å². The minimum Gasteiger partial charge on any atom is -0.396 e. The van der Waals surface area contributed by atoms with Crippen molar-refractivity contribution in [3.63, 3.8) is 0 Å². The first-order valence-corrected chi connectivity index (χ1v) is 10.1. The van der Waals surface area contributed by atoms with Crippen LogP contribution in [0, 0.1) is 0 Å². The quantitative estimate of drug-likeness (QED) is 0.263. The molecular formula is C20H40O2. The van der Waals surface area contributed by atoms with E-state index in [9.17, 15) is 0 Å². The summed E-state index contributed by atoms with van der Waals surface area (Å²) in [7, 11) is 0. The van der Waals surface area contributed by atoms with Gasteiger partial charge in [0.05, 0.1) is 12.2 Å². The van der Waals surface area contributed by atoms with Crippen LogP contribution in [0.15, 0.2) is 0 Å². The molecule has 0 radical (unpaired) electrons. The molecule has 0 aliphatic carbocycles. The summed E-state index contributed by atoms with van der Waals surface area (Å²) in [5.74, 6) is 0. The monoisotopic (exact) mass is 312 g/mol. The van der Waals surface area contributed by atoms with Crippen LogP contribution >= 0.6 is 0 Å². The van der Waals surface area contributed by atoms with Crippen LogP contribution < -0.4 is 0 Å². The van der Waals surface area contributed by atoms with E-state index in [0.29, 0.717) is 18.8 Å². The van der Waals surface area contributed by atoms with E-state index in [2.05, 4.69) is 6.92 Å². The number of unbranched alkanes of at least 4 members (excludes halogenated alkanes) is 12. The first kappa shape index (κ1) is 20.0. The Morgan fingerprint density at radius 1 is 0.591 bits per heavy atom. The van der Waals surface area contributed by atoms with E-state index >= 15 is 0 Å². The zero-order valence-electron chi connectivity index (χ0n) is 15.0. The van der Waals surface area contributed by atoms with E-state index in [0.717, 1.165) is 19.3 Å². The number of epoxide rings is 1. The Labute approximate surface area is 139 Å². The molecule has 0 aromatic rings. The summed E-state index contributed by atoms with van der Waals surface area (Å²) in [6, 6.07) is 0. The van der Waals surface area contributed by atoms with Crippen LogP contribution in [0.3, 0.4) is 0 Å². The highest BCUT2D eigenvalue weighted by atomic mass is 16.6. The number of aliphatic hydroxyl groups is 1. The second-order valence-corrected chi connectivity index (χ2v) is 7.11. The van der Waals surface area contributed by atoms with Crippen molar-refractivity contribution in [3.8, 4) is 0 Å². The van der Waals surface area contributed by atoms with Crippen LogP contribution in [0.25, 0.3) is 0 Å². The molecule has 0 bridgehead atoms. The lowest BCUT2D eigenvalue weighted by atomic mass is 10.0. The Hall–Kier alpha value is -0.0800. The molecule has 22 heavy (non-hydrogen) atoms. The smallest absolute Gasteiger partial charge is 0.0841 e. The van der Waals surface area contributed by atoms with Gasteiger partial charge in [-0.05, 0) is 25.7 Å². The lowest BCUT2D eigenvalue weighted by Crippen LogP contribution is -1.95. The van der Waals surface area contributed by atoms with Gasteiger partial charge in [0, 0.05) is 6.61 Å². The van der Waals surface area contributed by atoms with Gasteiger partial charge in [-0.25, -0.2) is 0 Å². The predicted molar refractivity (Wildman–Crippen MR) is 95.3 cm³/mol. The Bertz CT molecular complexity index is 230. The van der Waals surface area contributed by atoms with Crippen molar-refractivity contribution < 1.29 is 9.84 Å². The number of rotatable bonds is 17. The van der Waals surface area contributed by atoms with Gasteiger partial charge in [0.25, 0.3) is 0 Å². The van der Waals surface area contributed by atoms with Crippen molar-refractivity contribution in [3.05, 3.63) is 0 Å². The summed E-state index contributed by atoms with van der Waals surface area (Å²) in [5.41, 5.74) is 0. The molecule has 2 heteroatoms. The van der Waals surface area contributed by atoms with Crippen molar-refractivity contribution in [2.24, 2.45) is 0 Å². The minimum atomic E-state index is 0.329. The Morgan fingerprint density at radius 2 is 1.00 bits per heavy atom. The highest BCUT2D eigenvalue weighted by Gasteiger charge is 2.36. The molecule has 0 amide bonds. The lowest BCUT2D eigenvalue weighted by Gasteiger charge is -2.02. The van der Waals surface area contributed by atoms with Crippen molar-refractivity contribution in [1.29, 1.82) is 0 Å². The zero-order chi connectivity index (χ0) is 15.9. The number of hydrogen-bond acceptors (Lipinski definition) is 2. The lowest BCUT2D eigenvalue weighted by molar-refractivity contribution is 0.278. The van der Waals surface area contributed by atoms with Gasteiger partial charge in [-0.2, -0.15) is 0 Å². The highest BCUT2D eigenvalue weighted by Crippen LogP contribution is 2.31. The van der Waals surface area contributed by atoms with E-state index in [1.807, 2.05) is 0 Å². The Balaban J connectivity index is 1.69. The second-order valence-electron chi connectivity index (χ2n) is 7.11. The maximum absolute atomic E-state index is 8.75. The molecule has 0 spiro atoms. The summed E-state index contributed by atoms with van der Waals surface area (Å²) in [5, 5.41) is 8.75. The topological polar surface area (TPSA) is 32.8 Å². The zero-order valence-corrected chi connectivity index (χ0v) is 15.0. The Morgan fingerprint density at radius 3 is 1.45 bits per heavy atom.